The molecule has 1 fully saturated rings. The number of hydrogen-bond donors (Lipinski definition) is 4. The molecule has 4 rings (SSSR count). The van der Waals surface area contributed by atoms with Crippen molar-refractivity contribution in [2.45, 2.75) is 43.4 Å². The average Bonchev–Trinajstić information content (AvgIpc) is 3.32. The topological polar surface area (TPSA) is 161 Å². The molecule has 4 N–H and O–H groups in total. The van der Waals surface area contributed by atoms with Crippen LogP contribution in [0.2, 0.25) is 0 Å². The summed E-state index contributed by atoms with van der Waals surface area (Å²) in [5.74, 6) is -2.13. The molecule has 8 unspecified atom stereocenters. The smallest absolute Gasteiger partial charge is 0.338 e. The molecule has 1 aliphatic carbocycles. The maximum absolute atomic E-state index is 12.4. The third-order valence-electron chi connectivity index (χ3n) is 6.43. The van der Waals surface area contributed by atoms with Crippen LogP contribution in [0.25, 0.3) is 0 Å². The first kappa shape index (κ1) is 25.3. The molecular formula is C24H28O11. The number of methoxy groups -OCH3 is 1. The number of carbonyl (C=O) groups excluding carboxylic acids is 2. The number of carbonyl (C=O) groups is 2. The predicted molar refractivity (Wildman–Crippen MR) is 116 cm³/mol. The van der Waals surface area contributed by atoms with E-state index in [1.165, 1.54) is 13.4 Å². The van der Waals surface area contributed by atoms with Gasteiger partial charge in [-0.15, -0.1) is 0 Å². The highest BCUT2D eigenvalue weighted by atomic mass is 16.8. The maximum atomic E-state index is 12.4. The minimum Gasteiger partial charge on any atom is -0.471 e. The Labute approximate surface area is 201 Å². The van der Waals surface area contributed by atoms with Gasteiger partial charge in [-0.2, -0.15) is 0 Å². The van der Waals surface area contributed by atoms with E-state index in [0.29, 0.717) is 17.6 Å². The van der Waals surface area contributed by atoms with Gasteiger partial charge < -0.3 is 44.1 Å². The second-order valence-electron chi connectivity index (χ2n) is 8.49. The molecule has 0 spiro atoms. The van der Waals surface area contributed by atoms with Crippen LogP contribution in [0.5, 0.6) is 0 Å². The summed E-state index contributed by atoms with van der Waals surface area (Å²) in [6, 6.07) is 8.46. The van der Waals surface area contributed by atoms with Gasteiger partial charge in [-0.3, -0.25) is 0 Å². The molecule has 190 valence electrons. The molecule has 35 heavy (non-hydrogen) atoms. The van der Waals surface area contributed by atoms with Gasteiger partial charge in [-0.25, -0.2) is 9.59 Å². The normalized spacial score (nSPS) is 34.2. The van der Waals surface area contributed by atoms with Crippen LogP contribution in [0.3, 0.4) is 0 Å². The summed E-state index contributed by atoms with van der Waals surface area (Å²) in [6.07, 6.45) is -5.05. The Bertz CT molecular complexity index is 973. The van der Waals surface area contributed by atoms with Gasteiger partial charge in [0.15, 0.2) is 6.29 Å². The lowest BCUT2D eigenvalue weighted by molar-refractivity contribution is -0.339. The standard InChI is InChI=1S/C24H28O11/c1-31-22(30)15-11-33-23(35-24-20(28)19(27)18(26)16(9-25)34-24)17-13(7-8-14(15)17)10-32-21(29)12-5-3-2-4-6-12/h2-7,11,14,16-20,23-28H,8-10H2,1H3. The minimum atomic E-state index is -1.63. The van der Waals surface area contributed by atoms with Crippen LogP contribution in [0.1, 0.15) is 16.8 Å². The summed E-state index contributed by atoms with van der Waals surface area (Å²) >= 11 is 0. The van der Waals surface area contributed by atoms with E-state index in [9.17, 15) is 30.0 Å². The number of ether oxygens (including phenoxy) is 5. The molecule has 3 aliphatic rings. The van der Waals surface area contributed by atoms with E-state index in [-0.39, 0.29) is 12.2 Å². The lowest BCUT2D eigenvalue weighted by Crippen LogP contribution is -2.60. The van der Waals surface area contributed by atoms with Gasteiger partial charge in [0.2, 0.25) is 6.29 Å². The average molecular weight is 492 g/mol. The fourth-order valence-electron chi connectivity index (χ4n) is 4.52. The molecule has 11 nitrogen and oxygen atoms in total. The number of fused-ring (bicyclic) bond motifs is 1. The Morgan fingerprint density at radius 3 is 2.46 bits per heavy atom. The summed E-state index contributed by atoms with van der Waals surface area (Å²) in [5, 5.41) is 39.9. The number of hydrogen-bond acceptors (Lipinski definition) is 11. The molecule has 2 heterocycles. The van der Waals surface area contributed by atoms with Crippen LogP contribution in [-0.2, 0) is 28.5 Å². The van der Waals surface area contributed by atoms with Crippen molar-refractivity contribution in [2.75, 3.05) is 20.3 Å². The highest BCUT2D eigenvalue weighted by Crippen LogP contribution is 2.44. The van der Waals surface area contributed by atoms with Crippen molar-refractivity contribution in [3.05, 3.63) is 59.4 Å². The van der Waals surface area contributed by atoms with Crippen molar-refractivity contribution in [3.8, 4) is 0 Å². The maximum Gasteiger partial charge on any atom is 0.338 e. The minimum absolute atomic E-state index is 0.0960. The van der Waals surface area contributed by atoms with Crippen molar-refractivity contribution < 1.29 is 53.7 Å². The van der Waals surface area contributed by atoms with Gasteiger partial charge in [-0.1, -0.05) is 24.3 Å². The number of benzene rings is 1. The van der Waals surface area contributed by atoms with Crippen LogP contribution in [-0.4, -0.2) is 89.7 Å². The molecule has 0 amide bonds. The van der Waals surface area contributed by atoms with Crippen LogP contribution in [0.4, 0.5) is 0 Å². The van der Waals surface area contributed by atoms with Crippen molar-refractivity contribution in [1.82, 2.24) is 0 Å². The van der Waals surface area contributed by atoms with E-state index in [1.54, 1.807) is 30.3 Å². The monoisotopic (exact) mass is 492 g/mol. The zero-order chi connectivity index (χ0) is 25.1. The summed E-state index contributed by atoms with van der Waals surface area (Å²) in [4.78, 5) is 24.7. The lowest BCUT2D eigenvalue weighted by Gasteiger charge is -2.42. The Morgan fingerprint density at radius 1 is 1.03 bits per heavy atom. The van der Waals surface area contributed by atoms with Gasteiger partial charge in [0.1, 0.15) is 31.0 Å². The first-order chi connectivity index (χ1) is 16.8. The summed E-state index contributed by atoms with van der Waals surface area (Å²) in [5.41, 5.74) is 1.28. The second-order valence-corrected chi connectivity index (χ2v) is 8.49. The van der Waals surface area contributed by atoms with Gasteiger partial charge in [0.25, 0.3) is 0 Å². The fraction of sp³-hybridized carbons (Fsp3) is 0.500. The fourth-order valence-corrected chi connectivity index (χ4v) is 4.52. The largest absolute Gasteiger partial charge is 0.471 e. The van der Waals surface area contributed by atoms with E-state index in [1.807, 2.05) is 6.08 Å². The highest BCUT2D eigenvalue weighted by molar-refractivity contribution is 5.90. The van der Waals surface area contributed by atoms with E-state index in [4.69, 9.17) is 23.7 Å². The second kappa shape index (κ2) is 10.9. The summed E-state index contributed by atoms with van der Waals surface area (Å²) in [7, 11) is 1.25. The Morgan fingerprint density at radius 2 is 1.77 bits per heavy atom. The molecule has 1 saturated heterocycles. The SMILES string of the molecule is COC(=O)C1=COC(OC2OC(CO)C(O)C(O)C2O)C2C(COC(=O)c3ccccc3)=CCC12. The molecule has 8 atom stereocenters. The number of aliphatic hydroxyl groups is 4. The molecule has 1 aromatic rings. The zero-order valence-electron chi connectivity index (χ0n) is 18.9. The third kappa shape index (κ3) is 5.10. The van der Waals surface area contributed by atoms with Gasteiger partial charge >= 0.3 is 11.9 Å². The molecular weight excluding hydrogens is 464 g/mol. The van der Waals surface area contributed by atoms with Gasteiger partial charge in [0.05, 0.1) is 37.0 Å². The Hall–Kier alpha value is -2.80. The lowest BCUT2D eigenvalue weighted by atomic mass is 9.83. The number of esters is 2. The van der Waals surface area contributed by atoms with Crippen LogP contribution in [0.15, 0.2) is 53.8 Å². The van der Waals surface area contributed by atoms with Crippen molar-refractivity contribution in [3.63, 3.8) is 0 Å². The zero-order valence-corrected chi connectivity index (χ0v) is 18.9. The van der Waals surface area contributed by atoms with E-state index >= 15 is 0 Å². The molecule has 2 aliphatic heterocycles. The van der Waals surface area contributed by atoms with Crippen LogP contribution in [0, 0.1) is 11.8 Å². The predicted octanol–water partition coefficient (Wildman–Crippen LogP) is -0.364. The first-order valence-electron chi connectivity index (χ1n) is 11.2. The number of aliphatic hydroxyl groups excluding tert-OH is 4. The Kier molecular flexibility index (Phi) is 7.85. The van der Waals surface area contributed by atoms with Crippen LogP contribution >= 0.6 is 0 Å². The number of allylic oxidation sites excluding steroid dienone is 1. The van der Waals surface area contributed by atoms with Gasteiger partial charge in [0, 0.05) is 5.92 Å². The first-order valence-corrected chi connectivity index (χ1v) is 11.2. The Balaban J connectivity index is 1.52. The van der Waals surface area contributed by atoms with Gasteiger partial charge in [-0.05, 0) is 24.1 Å². The molecule has 0 saturated carbocycles. The van der Waals surface area contributed by atoms with Crippen LogP contribution < -0.4 is 0 Å². The number of rotatable bonds is 7. The van der Waals surface area contributed by atoms with E-state index < -0.39 is 67.4 Å². The van der Waals surface area contributed by atoms with E-state index in [0.717, 1.165) is 0 Å². The summed E-state index contributed by atoms with van der Waals surface area (Å²) in [6.45, 7) is -0.712. The molecule has 0 bridgehead atoms. The molecule has 0 radical (unpaired) electrons. The molecule has 11 heteroatoms. The molecule has 0 aromatic heterocycles. The van der Waals surface area contributed by atoms with Crippen molar-refractivity contribution in [2.24, 2.45) is 11.8 Å². The third-order valence-corrected chi connectivity index (χ3v) is 6.43. The quantitative estimate of drug-likeness (QED) is 0.290. The highest BCUT2D eigenvalue weighted by Gasteiger charge is 2.50. The van der Waals surface area contributed by atoms with Crippen molar-refractivity contribution in [1.29, 1.82) is 0 Å². The van der Waals surface area contributed by atoms with Crippen molar-refractivity contribution >= 4 is 11.9 Å². The molecule has 1 aromatic carbocycles. The summed E-state index contributed by atoms with van der Waals surface area (Å²) < 4.78 is 27.3. The van der Waals surface area contributed by atoms with E-state index in [2.05, 4.69) is 0 Å².